The zero-order chi connectivity index (χ0) is 21.9. The van der Waals surface area contributed by atoms with Crippen LogP contribution in [0, 0.1) is 18.8 Å². The molecule has 0 unspecified atom stereocenters. The maximum Gasteiger partial charge on any atom is 0.159 e. The molecule has 1 aliphatic carbocycles. The fourth-order valence-electron chi connectivity index (χ4n) is 4.83. The van der Waals surface area contributed by atoms with Crippen molar-refractivity contribution in [2.24, 2.45) is 11.8 Å². The quantitative estimate of drug-likeness (QED) is 0.325. The van der Waals surface area contributed by atoms with Gasteiger partial charge in [0.25, 0.3) is 0 Å². The van der Waals surface area contributed by atoms with Crippen LogP contribution in [-0.4, -0.2) is 16.6 Å². The van der Waals surface area contributed by atoms with Gasteiger partial charge in [-0.05, 0) is 55.6 Å². The molecule has 0 radical (unpaired) electrons. The van der Waals surface area contributed by atoms with Gasteiger partial charge in [-0.1, -0.05) is 83.4 Å². The maximum absolute atomic E-state index is 6.05. The minimum Gasteiger partial charge on any atom is -0.490 e. The molecule has 0 aliphatic heterocycles. The van der Waals surface area contributed by atoms with Crippen molar-refractivity contribution in [3.8, 4) is 17.1 Å². The van der Waals surface area contributed by atoms with Crippen molar-refractivity contribution >= 4 is 0 Å². The van der Waals surface area contributed by atoms with Crippen molar-refractivity contribution in [2.45, 2.75) is 97.8 Å². The molecule has 3 nitrogen and oxygen atoms in total. The van der Waals surface area contributed by atoms with E-state index in [0.717, 1.165) is 36.1 Å². The fourth-order valence-corrected chi connectivity index (χ4v) is 4.83. The lowest BCUT2D eigenvalue weighted by Gasteiger charge is -2.28. The second-order valence-electron chi connectivity index (χ2n) is 9.54. The molecule has 2 aromatic rings. The van der Waals surface area contributed by atoms with Gasteiger partial charge in [-0.15, -0.1) is 0 Å². The third kappa shape index (κ3) is 7.63. The molecule has 3 heteroatoms. The summed E-state index contributed by atoms with van der Waals surface area (Å²) in [7, 11) is 0. The zero-order valence-electron chi connectivity index (χ0n) is 20.0. The SMILES string of the molecule is CCCCCc1ccc(-c2ncc(OC[C@H]3CC[C@H](CCCCC)CC3)cn2)c(C)c1. The van der Waals surface area contributed by atoms with Gasteiger partial charge < -0.3 is 4.74 Å². The summed E-state index contributed by atoms with van der Waals surface area (Å²) in [6.45, 7) is 7.50. The first-order valence-corrected chi connectivity index (χ1v) is 12.7. The van der Waals surface area contributed by atoms with Crippen LogP contribution >= 0.6 is 0 Å². The van der Waals surface area contributed by atoms with Crippen LogP contribution in [0.2, 0.25) is 0 Å². The van der Waals surface area contributed by atoms with Crippen molar-refractivity contribution in [1.82, 2.24) is 9.97 Å². The van der Waals surface area contributed by atoms with Crippen LogP contribution in [0.4, 0.5) is 0 Å². The third-order valence-corrected chi connectivity index (χ3v) is 6.90. The number of hydrogen-bond acceptors (Lipinski definition) is 3. The first-order chi connectivity index (χ1) is 15.2. The van der Waals surface area contributed by atoms with Crippen LogP contribution in [0.3, 0.4) is 0 Å². The lowest BCUT2D eigenvalue weighted by Crippen LogP contribution is -2.20. The van der Waals surface area contributed by atoms with Crippen LogP contribution in [0.25, 0.3) is 11.4 Å². The van der Waals surface area contributed by atoms with E-state index in [1.165, 1.54) is 81.8 Å². The summed E-state index contributed by atoms with van der Waals surface area (Å²) < 4.78 is 6.05. The zero-order valence-corrected chi connectivity index (χ0v) is 20.0. The van der Waals surface area contributed by atoms with Gasteiger partial charge in [0, 0.05) is 5.56 Å². The van der Waals surface area contributed by atoms with E-state index in [-0.39, 0.29) is 0 Å². The molecule has 3 rings (SSSR count). The summed E-state index contributed by atoms with van der Waals surface area (Å²) in [4.78, 5) is 9.19. The summed E-state index contributed by atoms with van der Waals surface area (Å²) in [6, 6.07) is 6.69. The molecule has 0 amide bonds. The Morgan fingerprint density at radius 1 is 0.871 bits per heavy atom. The van der Waals surface area contributed by atoms with Crippen LogP contribution in [-0.2, 0) is 6.42 Å². The van der Waals surface area contributed by atoms with Gasteiger partial charge in [0.1, 0.15) is 0 Å². The number of hydrogen-bond donors (Lipinski definition) is 0. The van der Waals surface area contributed by atoms with Crippen LogP contribution in [0.15, 0.2) is 30.6 Å². The molecule has 170 valence electrons. The Hall–Kier alpha value is -1.90. The molecule has 1 aromatic heterocycles. The molecule has 0 atom stereocenters. The van der Waals surface area contributed by atoms with E-state index in [9.17, 15) is 0 Å². The standard InChI is InChI=1S/C28H42N2O/c1-4-6-8-10-23-12-14-25(15-13-23)21-31-26-19-29-28(30-20-26)27-17-16-24(18-22(27)3)11-9-7-5-2/h16-20,23,25H,4-15,21H2,1-3H3/t23-,25-. The fraction of sp³-hybridized carbons (Fsp3) is 0.643. The van der Waals surface area contributed by atoms with E-state index in [4.69, 9.17) is 4.74 Å². The van der Waals surface area contributed by atoms with E-state index in [1.54, 1.807) is 0 Å². The molecule has 0 N–H and O–H groups in total. The van der Waals surface area contributed by atoms with Crippen molar-refractivity contribution < 1.29 is 4.74 Å². The van der Waals surface area contributed by atoms with Gasteiger partial charge in [-0.3, -0.25) is 0 Å². The summed E-state index contributed by atoms with van der Waals surface area (Å²) in [6.07, 6.45) is 19.6. The predicted octanol–water partition coefficient (Wildman–Crippen LogP) is 7.95. The highest BCUT2D eigenvalue weighted by molar-refractivity contribution is 5.60. The van der Waals surface area contributed by atoms with Gasteiger partial charge in [0.05, 0.1) is 19.0 Å². The average molecular weight is 423 g/mol. The molecule has 1 heterocycles. The van der Waals surface area contributed by atoms with Crippen molar-refractivity contribution in [2.75, 3.05) is 6.61 Å². The van der Waals surface area contributed by atoms with E-state index in [2.05, 4.69) is 48.9 Å². The molecule has 31 heavy (non-hydrogen) atoms. The topological polar surface area (TPSA) is 35.0 Å². The highest BCUT2D eigenvalue weighted by Crippen LogP contribution is 2.32. The van der Waals surface area contributed by atoms with Crippen molar-refractivity contribution in [1.29, 1.82) is 0 Å². The van der Waals surface area contributed by atoms with Gasteiger partial charge in [-0.25, -0.2) is 9.97 Å². The molecule has 0 spiro atoms. The lowest BCUT2D eigenvalue weighted by atomic mass is 9.80. The van der Waals surface area contributed by atoms with E-state index in [1.807, 2.05) is 12.4 Å². The van der Waals surface area contributed by atoms with E-state index < -0.39 is 0 Å². The largest absolute Gasteiger partial charge is 0.490 e. The van der Waals surface area contributed by atoms with E-state index >= 15 is 0 Å². The first-order valence-electron chi connectivity index (χ1n) is 12.7. The highest BCUT2D eigenvalue weighted by Gasteiger charge is 2.21. The molecule has 1 aromatic carbocycles. The summed E-state index contributed by atoms with van der Waals surface area (Å²) in [5, 5.41) is 0. The average Bonchev–Trinajstić information content (AvgIpc) is 2.79. The Balaban J connectivity index is 1.45. The number of aryl methyl sites for hydroxylation is 2. The van der Waals surface area contributed by atoms with Gasteiger partial charge in [0.2, 0.25) is 0 Å². The Morgan fingerprint density at radius 2 is 1.55 bits per heavy atom. The Morgan fingerprint density at radius 3 is 2.23 bits per heavy atom. The van der Waals surface area contributed by atoms with Crippen LogP contribution in [0.5, 0.6) is 5.75 Å². The smallest absolute Gasteiger partial charge is 0.159 e. The molecule has 0 saturated heterocycles. The Kier molecular flexibility index (Phi) is 9.84. The molecule has 1 fully saturated rings. The van der Waals surface area contributed by atoms with Crippen molar-refractivity contribution in [3.63, 3.8) is 0 Å². The molecular weight excluding hydrogens is 380 g/mol. The Bertz CT molecular complexity index is 763. The number of nitrogens with zero attached hydrogens (tertiary/aromatic N) is 2. The minimum atomic E-state index is 0.685. The minimum absolute atomic E-state index is 0.685. The maximum atomic E-state index is 6.05. The van der Waals surface area contributed by atoms with Gasteiger partial charge in [-0.2, -0.15) is 0 Å². The lowest BCUT2D eigenvalue weighted by molar-refractivity contribution is 0.177. The monoisotopic (exact) mass is 422 g/mol. The molecule has 1 aliphatic rings. The predicted molar refractivity (Wildman–Crippen MR) is 131 cm³/mol. The number of rotatable bonds is 12. The Labute approximate surface area is 190 Å². The number of benzene rings is 1. The third-order valence-electron chi connectivity index (χ3n) is 6.90. The molecule has 1 saturated carbocycles. The summed E-state index contributed by atoms with van der Waals surface area (Å²) >= 11 is 0. The van der Waals surface area contributed by atoms with E-state index in [0.29, 0.717) is 5.92 Å². The van der Waals surface area contributed by atoms with Crippen LogP contribution in [0.1, 0.15) is 95.6 Å². The van der Waals surface area contributed by atoms with Gasteiger partial charge in [0.15, 0.2) is 11.6 Å². The van der Waals surface area contributed by atoms with Gasteiger partial charge >= 0.3 is 0 Å². The van der Waals surface area contributed by atoms with Crippen LogP contribution < -0.4 is 4.74 Å². The van der Waals surface area contributed by atoms with Crippen molar-refractivity contribution in [3.05, 3.63) is 41.7 Å². The molecule has 0 bridgehead atoms. The molecular formula is C28H42N2O. The summed E-state index contributed by atoms with van der Waals surface area (Å²) in [5.74, 6) is 3.22. The second-order valence-corrected chi connectivity index (χ2v) is 9.54. The summed E-state index contributed by atoms with van der Waals surface area (Å²) in [5.41, 5.74) is 3.78. The first kappa shape index (κ1) is 23.8. The number of ether oxygens (including phenoxy) is 1. The highest BCUT2D eigenvalue weighted by atomic mass is 16.5. The number of aromatic nitrogens is 2. The normalized spacial score (nSPS) is 18.8. The number of unbranched alkanes of at least 4 members (excludes halogenated alkanes) is 4. The second kappa shape index (κ2) is 12.8.